The van der Waals surface area contributed by atoms with Crippen molar-refractivity contribution in [3.8, 4) is 5.75 Å². The second-order valence-corrected chi connectivity index (χ2v) is 5.81. The summed E-state index contributed by atoms with van der Waals surface area (Å²) in [5.41, 5.74) is 2.31. The van der Waals surface area contributed by atoms with Crippen molar-refractivity contribution < 1.29 is 19.0 Å². The maximum atomic E-state index is 13.2. The molecule has 0 bridgehead atoms. The molecule has 0 radical (unpaired) electrons. The van der Waals surface area contributed by atoms with Crippen LogP contribution in [0, 0.1) is 12.7 Å². The number of hydrogen-bond donors (Lipinski definition) is 2. The summed E-state index contributed by atoms with van der Waals surface area (Å²) in [6.07, 6.45) is -1.19. The molecule has 0 fully saturated rings. The Kier molecular flexibility index (Phi) is 5.93. The highest BCUT2D eigenvalue weighted by atomic mass is 19.1. The van der Waals surface area contributed by atoms with Crippen molar-refractivity contribution in [3.63, 3.8) is 0 Å². The van der Waals surface area contributed by atoms with Gasteiger partial charge in [-0.1, -0.05) is 29.8 Å². The van der Waals surface area contributed by atoms with Gasteiger partial charge in [0.25, 0.3) is 0 Å². The molecule has 1 amide bonds. The van der Waals surface area contributed by atoms with Gasteiger partial charge in [-0.25, -0.2) is 4.39 Å². The van der Waals surface area contributed by atoms with Crippen molar-refractivity contribution in [1.82, 2.24) is 5.32 Å². The van der Waals surface area contributed by atoms with Crippen molar-refractivity contribution >= 4 is 5.91 Å². The van der Waals surface area contributed by atoms with Crippen LogP contribution in [-0.4, -0.2) is 18.1 Å². The van der Waals surface area contributed by atoms with Gasteiger partial charge in [-0.15, -0.1) is 0 Å². The van der Waals surface area contributed by atoms with Crippen molar-refractivity contribution in [2.45, 2.75) is 32.4 Å². The quantitative estimate of drug-likeness (QED) is 0.852. The fraction of sp³-hybridized carbons (Fsp3) is 0.316. The largest absolute Gasteiger partial charge is 0.496 e. The van der Waals surface area contributed by atoms with Crippen molar-refractivity contribution in [2.75, 3.05) is 7.11 Å². The van der Waals surface area contributed by atoms with Gasteiger partial charge < -0.3 is 15.2 Å². The average molecular weight is 331 g/mol. The van der Waals surface area contributed by atoms with Crippen LogP contribution in [0.1, 0.15) is 42.2 Å². The van der Waals surface area contributed by atoms with Crippen molar-refractivity contribution in [3.05, 3.63) is 65.0 Å². The summed E-state index contributed by atoms with van der Waals surface area (Å²) in [6, 6.07) is 11.1. The summed E-state index contributed by atoms with van der Waals surface area (Å²) in [6.45, 7) is 3.81. The maximum absolute atomic E-state index is 13.2. The Morgan fingerprint density at radius 1 is 1.29 bits per heavy atom. The summed E-state index contributed by atoms with van der Waals surface area (Å²) in [5.74, 6) is -0.0632. The SMILES string of the molecule is COc1ccc(C)cc1C(C)NC(=O)CC(O)c1cccc(F)c1. The number of carbonyl (C=O) groups excluding carboxylic acids is 1. The normalized spacial score (nSPS) is 13.2. The minimum atomic E-state index is -1.05. The van der Waals surface area contributed by atoms with Crippen molar-refractivity contribution in [1.29, 1.82) is 0 Å². The molecule has 2 N–H and O–H groups in total. The number of aliphatic hydroxyl groups is 1. The molecule has 0 heterocycles. The fourth-order valence-electron chi connectivity index (χ4n) is 2.58. The Labute approximate surface area is 141 Å². The van der Waals surface area contributed by atoms with Crippen LogP contribution in [0.4, 0.5) is 4.39 Å². The second-order valence-electron chi connectivity index (χ2n) is 5.81. The Balaban J connectivity index is 2.03. The van der Waals surface area contributed by atoms with E-state index in [0.29, 0.717) is 11.3 Å². The highest BCUT2D eigenvalue weighted by Crippen LogP contribution is 2.26. The summed E-state index contributed by atoms with van der Waals surface area (Å²) >= 11 is 0. The van der Waals surface area contributed by atoms with Gasteiger partial charge in [-0.05, 0) is 37.6 Å². The first-order valence-corrected chi connectivity index (χ1v) is 7.78. The van der Waals surface area contributed by atoms with Gasteiger partial charge >= 0.3 is 0 Å². The number of rotatable bonds is 6. The van der Waals surface area contributed by atoms with Crippen LogP contribution in [0.5, 0.6) is 5.75 Å². The standard InChI is InChI=1S/C19H22FNO3/c1-12-7-8-18(24-3)16(9-12)13(2)21-19(23)11-17(22)14-5-4-6-15(20)10-14/h4-10,13,17,22H,11H2,1-3H3,(H,21,23). The summed E-state index contributed by atoms with van der Waals surface area (Å²) in [5, 5.41) is 12.9. The van der Waals surface area contributed by atoms with E-state index < -0.39 is 11.9 Å². The number of hydrogen-bond acceptors (Lipinski definition) is 3. The number of methoxy groups -OCH3 is 1. The molecule has 0 saturated carbocycles. The number of nitrogens with one attached hydrogen (secondary N) is 1. The third-order valence-corrected chi connectivity index (χ3v) is 3.84. The van der Waals surface area contributed by atoms with Crippen molar-refractivity contribution in [2.24, 2.45) is 0 Å². The zero-order valence-corrected chi connectivity index (χ0v) is 14.0. The minimum absolute atomic E-state index is 0.137. The molecule has 2 rings (SSSR count). The number of amides is 1. The lowest BCUT2D eigenvalue weighted by atomic mass is 10.0. The van der Waals surface area contributed by atoms with Crippen LogP contribution < -0.4 is 10.1 Å². The molecule has 4 nitrogen and oxygen atoms in total. The molecule has 2 aromatic carbocycles. The lowest BCUT2D eigenvalue weighted by molar-refractivity contribution is -0.123. The Bertz CT molecular complexity index is 718. The zero-order chi connectivity index (χ0) is 17.7. The number of carbonyl (C=O) groups is 1. The number of aliphatic hydroxyl groups excluding tert-OH is 1. The molecular formula is C19H22FNO3. The molecule has 128 valence electrons. The first-order chi connectivity index (χ1) is 11.4. The molecule has 2 unspecified atom stereocenters. The van der Waals surface area contributed by atoms with E-state index in [-0.39, 0.29) is 18.4 Å². The monoisotopic (exact) mass is 331 g/mol. The van der Waals surface area contributed by atoms with E-state index in [2.05, 4.69) is 5.32 Å². The van der Waals surface area contributed by atoms with E-state index in [4.69, 9.17) is 4.74 Å². The third-order valence-electron chi connectivity index (χ3n) is 3.84. The first-order valence-electron chi connectivity index (χ1n) is 7.78. The van der Waals surface area contributed by atoms with Gasteiger partial charge in [0.2, 0.25) is 5.91 Å². The van der Waals surface area contributed by atoms with Crippen LogP contribution in [0.25, 0.3) is 0 Å². The van der Waals surface area contributed by atoms with Gasteiger partial charge in [-0.3, -0.25) is 4.79 Å². The number of aryl methyl sites for hydroxylation is 1. The Morgan fingerprint density at radius 2 is 2.04 bits per heavy atom. The van der Waals surface area contributed by atoms with Crippen LogP contribution in [-0.2, 0) is 4.79 Å². The van der Waals surface area contributed by atoms with E-state index in [0.717, 1.165) is 11.1 Å². The molecule has 0 spiro atoms. The zero-order valence-electron chi connectivity index (χ0n) is 14.0. The predicted molar refractivity (Wildman–Crippen MR) is 90.3 cm³/mol. The molecule has 0 aromatic heterocycles. The van der Waals surface area contributed by atoms with Crippen LogP contribution in [0.2, 0.25) is 0 Å². The van der Waals surface area contributed by atoms with Gasteiger partial charge in [0, 0.05) is 5.56 Å². The molecule has 24 heavy (non-hydrogen) atoms. The van der Waals surface area contributed by atoms with Crippen LogP contribution in [0.3, 0.4) is 0 Å². The third kappa shape index (κ3) is 4.55. The topological polar surface area (TPSA) is 58.6 Å². The van der Waals surface area contributed by atoms with Gasteiger partial charge in [0.1, 0.15) is 11.6 Å². The van der Waals surface area contributed by atoms with Crippen LogP contribution in [0.15, 0.2) is 42.5 Å². The van der Waals surface area contributed by atoms with Crippen LogP contribution >= 0.6 is 0 Å². The van der Waals surface area contributed by atoms with Gasteiger partial charge in [-0.2, -0.15) is 0 Å². The molecule has 0 aliphatic carbocycles. The number of benzene rings is 2. The summed E-state index contributed by atoms with van der Waals surface area (Å²) < 4.78 is 18.5. The first kappa shape index (κ1) is 17.9. The molecule has 2 aromatic rings. The highest BCUT2D eigenvalue weighted by Gasteiger charge is 2.18. The summed E-state index contributed by atoms with van der Waals surface area (Å²) in [7, 11) is 1.58. The van der Waals surface area contributed by atoms with E-state index >= 15 is 0 Å². The number of ether oxygens (including phenoxy) is 1. The number of halogens is 1. The molecule has 0 saturated heterocycles. The Morgan fingerprint density at radius 3 is 2.71 bits per heavy atom. The van der Waals surface area contributed by atoms with E-state index in [9.17, 15) is 14.3 Å². The molecule has 5 heteroatoms. The van der Waals surface area contributed by atoms with E-state index in [1.807, 2.05) is 32.0 Å². The highest BCUT2D eigenvalue weighted by molar-refractivity contribution is 5.77. The predicted octanol–water partition coefficient (Wildman–Crippen LogP) is 3.44. The average Bonchev–Trinajstić information content (AvgIpc) is 2.54. The maximum Gasteiger partial charge on any atom is 0.223 e. The smallest absolute Gasteiger partial charge is 0.223 e. The minimum Gasteiger partial charge on any atom is -0.496 e. The van der Waals surface area contributed by atoms with Gasteiger partial charge in [0.15, 0.2) is 0 Å². The van der Waals surface area contributed by atoms with E-state index in [1.54, 1.807) is 13.2 Å². The lowest BCUT2D eigenvalue weighted by Gasteiger charge is -2.19. The second kappa shape index (κ2) is 7.93. The van der Waals surface area contributed by atoms with E-state index in [1.165, 1.54) is 18.2 Å². The summed E-state index contributed by atoms with van der Waals surface area (Å²) in [4.78, 5) is 12.2. The lowest BCUT2D eigenvalue weighted by Crippen LogP contribution is -2.28. The molecule has 2 atom stereocenters. The molecule has 0 aliphatic heterocycles. The molecule has 0 aliphatic rings. The van der Waals surface area contributed by atoms with Gasteiger partial charge in [0.05, 0.1) is 25.7 Å². The Hall–Kier alpha value is -2.40. The fourth-order valence-corrected chi connectivity index (χ4v) is 2.58. The molecular weight excluding hydrogens is 309 g/mol.